The molecule has 3 aromatic heterocycles. The maximum Gasteiger partial charge on any atom is 0.149 e. The van der Waals surface area contributed by atoms with Gasteiger partial charge in [-0.15, -0.1) is 0 Å². The number of benzene rings is 3. The second-order valence-electron chi connectivity index (χ2n) is 7.79. The smallest absolute Gasteiger partial charge is 0.149 e. The molecular formula is C26H18FN3O. The summed E-state index contributed by atoms with van der Waals surface area (Å²) < 4.78 is 22.1. The Hall–Kier alpha value is -3.99. The monoisotopic (exact) mass is 407 g/mol. The molecule has 0 aliphatic heterocycles. The van der Waals surface area contributed by atoms with Gasteiger partial charge in [0.15, 0.2) is 0 Å². The number of halogens is 1. The van der Waals surface area contributed by atoms with E-state index in [4.69, 9.17) is 9.40 Å². The van der Waals surface area contributed by atoms with Crippen molar-refractivity contribution in [3.8, 4) is 17.1 Å². The van der Waals surface area contributed by atoms with Gasteiger partial charge in [0.25, 0.3) is 0 Å². The van der Waals surface area contributed by atoms with Crippen molar-refractivity contribution in [3.63, 3.8) is 0 Å². The second kappa shape index (κ2) is 6.51. The molecule has 150 valence electrons. The van der Waals surface area contributed by atoms with E-state index in [0.717, 1.165) is 50.3 Å². The minimum atomic E-state index is -0.317. The van der Waals surface area contributed by atoms with Crippen LogP contribution in [0, 0.1) is 19.7 Å². The van der Waals surface area contributed by atoms with Crippen LogP contribution in [-0.2, 0) is 0 Å². The van der Waals surface area contributed by atoms with E-state index in [0.29, 0.717) is 11.2 Å². The van der Waals surface area contributed by atoms with Crippen LogP contribution < -0.4 is 0 Å². The number of imidazole rings is 1. The van der Waals surface area contributed by atoms with Gasteiger partial charge < -0.3 is 4.42 Å². The molecular weight excluding hydrogens is 389 g/mol. The summed E-state index contributed by atoms with van der Waals surface area (Å²) in [5, 5.41) is 1.82. The van der Waals surface area contributed by atoms with E-state index in [2.05, 4.69) is 27.8 Å². The van der Waals surface area contributed by atoms with Gasteiger partial charge in [-0.1, -0.05) is 24.3 Å². The molecule has 5 heteroatoms. The van der Waals surface area contributed by atoms with Gasteiger partial charge in [-0.05, 0) is 56.3 Å². The average molecular weight is 407 g/mol. The van der Waals surface area contributed by atoms with Gasteiger partial charge in [0.05, 0.1) is 22.3 Å². The number of rotatable bonds is 2. The summed E-state index contributed by atoms with van der Waals surface area (Å²) in [5.74, 6) is 0.458. The van der Waals surface area contributed by atoms with Gasteiger partial charge in [-0.2, -0.15) is 0 Å². The Kier molecular flexibility index (Phi) is 3.74. The Morgan fingerprint density at radius 2 is 1.61 bits per heavy atom. The first kappa shape index (κ1) is 17.8. The third-order valence-corrected chi connectivity index (χ3v) is 5.59. The summed E-state index contributed by atoms with van der Waals surface area (Å²) in [7, 11) is 0. The van der Waals surface area contributed by atoms with Crippen molar-refractivity contribution in [3.05, 3.63) is 90.0 Å². The fourth-order valence-corrected chi connectivity index (χ4v) is 4.36. The van der Waals surface area contributed by atoms with Gasteiger partial charge in [0.1, 0.15) is 22.8 Å². The number of furan rings is 1. The molecule has 0 N–H and O–H groups in total. The maximum atomic E-state index is 13.8. The van der Waals surface area contributed by atoms with Crippen LogP contribution in [0.2, 0.25) is 0 Å². The number of pyridine rings is 1. The van der Waals surface area contributed by atoms with Gasteiger partial charge in [0.2, 0.25) is 0 Å². The van der Waals surface area contributed by atoms with Crippen molar-refractivity contribution < 1.29 is 8.81 Å². The average Bonchev–Trinajstić information content (AvgIpc) is 3.30. The highest BCUT2D eigenvalue weighted by Gasteiger charge is 2.20. The SMILES string of the molecule is Cc1cc(-n2c(-c3cccc4c3oc3cc(F)ccc34)nc3ccccc32)cc(C)n1. The van der Waals surface area contributed by atoms with E-state index in [1.54, 1.807) is 6.07 Å². The lowest BCUT2D eigenvalue weighted by atomic mass is 10.1. The van der Waals surface area contributed by atoms with Crippen LogP contribution in [0.25, 0.3) is 50.0 Å². The Balaban J connectivity index is 1.73. The Bertz CT molecular complexity index is 1610. The molecule has 0 unspecified atom stereocenters. The number of nitrogens with zero attached hydrogens (tertiary/aromatic N) is 3. The van der Waals surface area contributed by atoms with Crippen LogP contribution in [0.1, 0.15) is 11.4 Å². The van der Waals surface area contributed by atoms with Crippen LogP contribution in [0.5, 0.6) is 0 Å². The first-order chi connectivity index (χ1) is 15.1. The van der Waals surface area contributed by atoms with Crippen LogP contribution in [0.15, 0.2) is 77.2 Å². The highest BCUT2D eigenvalue weighted by molar-refractivity contribution is 6.09. The van der Waals surface area contributed by atoms with Gasteiger partial charge >= 0.3 is 0 Å². The van der Waals surface area contributed by atoms with Crippen molar-refractivity contribution in [2.75, 3.05) is 0 Å². The fourth-order valence-electron chi connectivity index (χ4n) is 4.36. The molecule has 0 atom stereocenters. The lowest BCUT2D eigenvalue weighted by molar-refractivity contribution is 0.618. The largest absolute Gasteiger partial charge is 0.455 e. The standard InChI is InChI=1S/C26H18FN3O/c1-15-12-18(13-16(2)28-15)30-23-9-4-3-8-22(23)29-26(30)21-7-5-6-20-19-11-10-17(27)14-24(19)31-25(20)21/h3-14H,1-2H3. The molecule has 0 fully saturated rings. The molecule has 0 bridgehead atoms. The zero-order valence-electron chi connectivity index (χ0n) is 17.1. The van der Waals surface area contributed by atoms with Crippen LogP contribution >= 0.6 is 0 Å². The van der Waals surface area contributed by atoms with Crippen LogP contribution in [0.4, 0.5) is 4.39 Å². The van der Waals surface area contributed by atoms with E-state index in [1.807, 2.05) is 50.2 Å². The zero-order chi connectivity index (χ0) is 21.1. The van der Waals surface area contributed by atoms with E-state index in [9.17, 15) is 4.39 Å². The molecule has 6 rings (SSSR count). The topological polar surface area (TPSA) is 43.9 Å². The van der Waals surface area contributed by atoms with Crippen molar-refractivity contribution in [2.24, 2.45) is 0 Å². The van der Waals surface area contributed by atoms with E-state index < -0.39 is 0 Å². The highest BCUT2D eigenvalue weighted by Crippen LogP contribution is 2.37. The molecule has 0 aliphatic carbocycles. The van der Waals surface area contributed by atoms with Crippen molar-refractivity contribution in [2.45, 2.75) is 13.8 Å². The van der Waals surface area contributed by atoms with Gasteiger partial charge in [-0.3, -0.25) is 9.55 Å². The van der Waals surface area contributed by atoms with Crippen LogP contribution in [0.3, 0.4) is 0 Å². The molecule has 0 aliphatic rings. The number of hydrogen-bond donors (Lipinski definition) is 0. The maximum absolute atomic E-state index is 13.8. The molecule has 3 heterocycles. The number of fused-ring (bicyclic) bond motifs is 4. The molecule has 0 radical (unpaired) electrons. The normalized spacial score (nSPS) is 11.7. The lowest BCUT2D eigenvalue weighted by Crippen LogP contribution is -2.00. The van der Waals surface area contributed by atoms with Crippen molar-refractivity contribution >= 4 is 33.0 Å². The first-order valence-corrected chi connectivity index (χ1v) is 10.1. The third-order valence-electron chi connectivity index (χ3n) is 5.59. The molecule has 0 spiro atoms. The summed E-state index contributed by atoms with van der Waals surface area (Å²) in [6.45, 7) is 3.98. The Morgan fingerprint density at radius 1 is 0.806 bits per heavy atom. The first-order valence-electron chi connectivity index (χ1n) is 10.1. The predicted molar refractivity (Wildman–Crippen MR) is 121 cm³/mol. The third kappa shape index (κ3) is 2.74. The molecule has 4 nitrogen and oxygen atoms in total. The molecule has 0 saturated heterocycles. The van der Waals surface area contributed by atoms with E-state index >= 15 is 0 Å². The molecule has 3 aromatic carbocycles. The molecule has 6 aromatic rings. The van der Waals surface area contributed by atoms with E-state index in [-0.39, 0.29) is 5.82 Å². The second-order valence-corrected chi connectivity index (χ2v) is 7.79. The Morgan fingerprint density at radius 3 is 2.45 bits per heavy atom. The number of aryl methyl sites for hydroxylation is 2. The Labute approximate surface area is 177 Å². The summed E-state index contributed by atoms with van der Waals surface area (Å²) in [6.07, 6.45) is 0. The summed E-state index contributed by atoms with van der Waals surface area (Å²) in [6, 6.07) is 22.8. The minimum Gasteiger partial charge on any atom is -0.455 e. The lowest BCUT2D eigenvalue weighted by Gasteiger charge is -2.11. The number of aromatic nitrogens is 3. The molecule has 31 heavy (non-hydrogen) atoms. The quantitative estimate of drug-likeness (QED) is 0.319. The predicted octanol–water partition coefficient (Wildman–Crippen LogP) is 6.74. The fraction of sp³-hybridized carbons (Fsp3) is 0.0769. The number of para-hydroxylation sites is 3. The zero-order valence-corrected chi connectivity index (χ0v) is 17.1. The van der Waals surface area contributed by atoms with Crippen LogP contribution in [-0.4, -0.2) is 14.5 Å². The van der Waals surface area contributed by atoms with Crippen molar-refractivity contribution in [1.82, 2.24) is 14.5 Å². The van der Waals surface area contributed by atoms with Crippen molar-refractivity contribution in [1.29, 1.82) is 0 Å². The highest BCUT2D eigenvalue weighted by atomic mass is 19.1. The minimum absolute atomic E-state index is 0.317. The van der Waals surface area contributed by atoms with E-state index in [1.165, 1.54) is 12.1 Å². The molecule has 0 saturated carbocycles. The van der Waals surface area contributed by atoms with Gasteiger partial charge in [-0.25, -0.2) is 9.37 Å². The number of hydrogen-bond acceptors (Lipinski definition) is 3. The summed E-state index contributed by atoms with van der Waals surface area (Å²) >= 11 is 0. The molecule has 0 amide bonds. The summed E-state index contributed by atoms with van der Waals surface area (Å²) in [4.78, 5) is 9.49. The van der Waals surface area contributed by atoms with Gasteiger partial charge in [0, 0.05) is 28.2 Å². The summed E-state index contributed by atoms with van der Waals surface area (Å²) in [5.41, 5.74) is 6.85.